The highest BCUT2D eigenvalue weighted by molar-refractivity contribution is 6.09. The van der Waals surface area contributed by atoms with Crippen LogP contribution in [0.4, 0.5) is 5.69 Å². The number of fused-ring (bicyclic) bond motifs is 2. The summed E-state index contributed by atoms with van der Waals surface area (Å²) in [7, 11) is 1.94. The van der Waals surface area contributed by atoms with E-state index in [1.165, 1.54) is 0 Å². The van der Waals surface area contributed by atoms with Gasteiger partial charge in [0.2, 0.25) is 11.8 Å². The molecular formula is C24H27N5O3. The predicted octanol–water partition coefficient (Wildman–Crippen LogP) is 2.92. The van der Waals surface area contributed by atoms with Crippen LogP contribution in [0.15, 0.2) is 48.5 Å². The number of carbonyl (C=O) groups excluding carboxylic acids is 3. The number of para-hydroxylation sites is 3. The van der Waals surface area contributed by atoms with Gasteiger partial charge in [0.25, 0.3) is 5.91 Å². The Kier molecular flexibility index (Phi) is 5.94. The van der Waals surface area contributed by atoms with Crippen LogP contribution in [0.1, 0.15) is 48.9 Å². The van der Waals surface area contributed by atoms with Gasteiger partial charge in [0.1, 0.15) is 11.9 Å². The first-order chi connectivity index (χ1) is 15.3. The lowest BCUT2D eigenvalue weighted by Gasteiger charge is -2.23. The zero-order valence-corrected chi connectivity index (χ0v) is 18.4. The van der Waals surface area contributed by atoms with Crippen LogP contribution in [0, 0.1) is 5.92 Å². The van der Waals surface area contributed by atoms with Gasteiger partial charge in [0, 0.05) is 13.5 Å². The normalized spacial score (nSPS) is 16.8. The summed E-state index contributed by atoms with van der Waals surface area (Å²) in [6, 6.07) is 13.6. The van der Waals surface area contributed by atoms with Gasteiger partial charge in [-0.15, -0.1) is 0 Å². The highest BCUT2D eigenvalue weighted by atomic mass is 16.2. The summed E-state index contributed by atoms with van der Waals surface area (Å²) < 4.78 is 2.00. The molecule has 0 unspecified atom stereocenters. The number of benzene rings is 2. The molecule has 166 valence electrons. The smallest absolute Gasteiger partial charge is 0.254 e. The minimum absolute atomic E-state index is 0.0991. The third-order valence-corrected chi connectivity index (χ3v) is 5.79. The lowest BCUT2D eigenvalue weighted by Crippen LogP contribution is -2.42. The molecule has 0 saturated heterocycles. The molecule has 4 rings (SSSR count). The second kappa shape index (κ2) is 8.82. The van der Waals surface area contributed by atoms with Crippen LogP contribution in [0.5, 0.6) is 0 Å². The number of anilines is 1. The fourth-order valence-corrected chi connectivity index (χ4v) is 4.01. The standard InChI is InChI=1S/C24H27N5O3/c1-14(2)21(22-25-17-10-6-7-11-19(17)29(22)3)28-20(30)13-12-18-24(32)26-16-9-5-4-8-15(16)23(31)27-18/h4-11,14,18,21H,12-13H2,1-3H3,(H,26,32)(H,27,31)(H,28,30)/t18-,21+/m1/s1. The Bertz CT molecular complexity index is 1180. The van der Waals surface area contributed by atoms with Crippen molar-refractivity contribution in [2.24, 2.45) is 13.0 Å². The molecule has 2 aromatic carbocycles. The van der Waals surface area contributed by atoms with Crippen molar-refractivity contribution in [2.45, 2.75) is 38.8 Å². The first kappa shape index (κ1) is 21.5. The van der Waals surface area contributed by atoms with Gasteiger partial charge < -0.3 is 20.5 Å². The van der Waals surface area contributed by atoms with Crippen LogP contribution in [-0.2, 0) is 16.6 Å². The Morgan fingerprint density at radius 3 is 2.59 bits per heavy atom. The number of nitrogens with zero attached hydrogens (tertiary/aromatic N) is 2. The molecule has 0 radical (unpaired) electrons. The number of hydrogen-bond donors (Lipinski definition) is 3. The number of amides is 3. The van der Waals surface area contributed by atoms with E-state index >= 15 is 0 Å². The Balaban J connectivity index is 1.44. The molecule has 1 aliphatic rings. The lowest BCUT2D eigenvalue weighted by atomic mass is 10.0. The Morgan fingerprint density at radius 1 is 1.12 bits per heavy atom. The summed E-state index contributed by atoms with van der Waals surface area (Å²) in [5.74, 6) is 0.0471. The molecule has 0 fully saturated rings. The van der Waals surface area contributed by atoms with Gasteiger partial charge in [-0.1, -0.05) is 38.1 Å². The van der Waals surface area contributed by atoms with Crippen molar-refractivity contribution in [1.29, 1.82) is 0 Å². The fraction of sp³-hybridized carbons (Fsp3) is 0.333. The van der Waals surface area contributed by atoms with Gasteiger partial charge in [0.15, 0.2) is 0 Å². The molecular weight excluding hydrogens is 406 g/mol. The summed E-state index contributed by atoms with van der Waals surface area (Å²) in [5.41, 5.74) is 2.76. The average molecular weight is 434 g/mol. The summed E-state index contributed by atoms with van der Waals surface area (Å²) in [6.07, 6.45) is 0.298. The van der Waals surface area contributed by atoms with Crippen molar-refractivity contribution in [2.75, 3.05) is 5.32 Å². The number of aryl methyl sites for hydroxylation is 1. The maximum atomic E-state index is 12.8. The third kappa shape index (κ3) is 4.21. The van der Waals surface area contributed by atoms with Crippen molar-refractivity contribution < 1.29 is 14.4 Å². The van der Waals surface area contributed by atoms with Crippen LogP contribution < -0.4 is 16.0 Å². The molecule has 0 saturated carbocycles. The summed E-state index contributed by atoms with van der Waals surface area (Å²) in [6.45, 7) is 4.06. The molecule has 1 aliphatic heterocycles. The fourth-order valence-electron chi connectivity index (χ4n) is 4.01. The van der Waals surface area contributed by atoms with E-state index < -0.39 is 6.04 Å². The van der Waals surface area contributed by atoms with E-state index in [9.17, 15) is 14.4 Å². The minimum atomic E-state index is -0.783. The first-order valence-electron chi connectivity index (χ1n) is 10.8. The monoisotopic (exact) mass is 433 g/mol. The van der Waals surface area contributed by atoms with Gasteiger partial charge in [0.05, 0.1) is 28.3 Å². The van der Waals surface area contributed by atoms with Gasteiger partial charge in [-0.2, -0.15) is 0 Å². The molecule has 0 spiro atoms. The summed E-state index contributed by atoms with van der Waals surface area (Å²) in [5, 5.41) is 8.56. The number of hydrogen-bond acceptors (Lipinski definition) is 4. The summed E-state index contributed by atoms with van der Waals surface area (Å²) in [4.78, 5) is 42.5. The van der Waals surface area contributed by atoms with Gasteiger partial charge in [-0.3, -0.25) is 14.4 Å². The second-order valence-corrected chi connectivity index (χ2v) is 8.41. The van der Waals surface area contributed by atoms with Crippen molar-refractivity contribution in [3.05, 3.63) is 59.9 Å². The van der Waals surface area contributed by atoms with E-state index in [0.29, 0.717) is 11.3 Å². The molecule has 3 aromatic rings. The number of imidazole rings is 1. The van der Waals surface area contributed by atoms with Crippen molar-refractivity contribution >= 4 is 34.4 Å². The zero-order valence-electron chi connectivity index (χ0n) is 18.4. The first-order valence-corrected chi connectivity index (χ1v) is 10.8. The molecule has 3 amide bonds. The Labute approximate surface area is 186 Å². The molecule has 2 heterocycles. The van der Waals surface area contributed by atoms with Crippen LogP contribution in [-0.4, -0.2) is 33.3 Å². The molecule has 2 atom stereocenters. The molecule has 32 heavy (non-hydrogen) atoms. The van der Waals surface area contributed by atoms with Crippen molar-refractivity contribution in [3.8, 4) is 0 Å². The van der Waals surface area contributed by atoms with Gasteiger partial charge >= 0.3 is 0 Å². The van der Waals surface area contributed by atoms with E-state index in [0.717, 1.165) is 16.9 Å². The highest BCUT2D eigenvalue weighted by Gasteiger charge is 2.29. The molecule has 0 bridgehead atoms. The third-order valence-electron chi connectivity index (χ3n) is 5.79. The maximum absolute atomic E-state index is 12.8. The van der Waals surface area contributed by atoms with E-state index in [-0.39, 0.29) is 42.5 Å². The SMILES string of the molecule is CC(C)[C@H](NC(=O)CC[C@H]1NC(=O)c2ccccc2NC1=O)c1nc2ccccc2n1C. The van der Waals surface area contributed by atoms with E-state index in [1.54, 1.807) is 24.3 Å². The van der Waals surface area contributed by atoms with Crippen molar-refractivity contribution in [3.63, 3.8) is 0 Å². The van der Waals surface area contributed by atoms with Crippen LogP contribution in [0.2, 0.25) is 0 Å². The molecule has 1 aromatic heterocycles. The zero-order chi connectivity index (χ0) is 22.8. The number of aromatic nitrogens is 2. The molecule has 8 heteroatoms. The largest absolute Gasteiger partial charge is 0.346 e. The topological polar surface area (TPSA) is 105 Å². The molecule has 3 N–H and O–H groups in total. The van der Waals surface area contributed by atoms with E-state index in [2.05, 4.69) is 16.0 Å². The maximum Gasteiger partial charge on any atom is 0.254 e. The number of rotatable bonds is 6. The number of nitrogens with one attached hydrogen (secondary N) is 3. The Morgan fingerprint density at radius 2 is 1.84 bits per heavy atom. The Hall–Kier alpha value is -3.68. The average Bonchev–Trinajstić information content (AvgIpc) is 3.04. The van der Waals surface area contributed by atoms with Crippen LogP contribution >= 0.6 is 0 Å². The van der Waals surface area contributed by atoms with Crippen molar-refractivity contribution in [1.82, 2.24) is 20.2 Å². The van der Waals surface area contributed by atoms with Crippen LogP contribution in [0.25, 0.3) is 11.0 Å². The summed E-state index contributed by atoms with van der Waals surface area (Å²) >= 11 is 0. The van der Waals surface area contributed by atoms with E-state index in [1.807, 2.05) is 49.7 Å². The quantitative estimate of drug-likeness (QED) is 0.556. The minimum Gasteiger partial charge on any atom is -0.346 e. The highest BCUT2D eigenvalue weighted by Crippen LogP contribution is 2.25. The lowest BCUT2D eigenvalue weighted by molar-refractivity contribution is -0.122. The van der Waals surface area contributed by atoms with Gasteiger partial charge in [-0.05, 0) is 36.6 Å². The number of carbonyl (C=O) groups is 3. The van der Waals surface area contributed by atoms with Gasteiger partial charge in [-0.25, -0.2) is 4.98 Å². The molecule has 0 aliphatic carbocycles. The van der Waals surface area contributed by atoms with E-state index in [4.69, 9.17) is 4.98 Å². The molecule has 8 nitrogen and oxygen atoms in total. The second-order valence-electron chi connectivity index (χ2n) is 8.41. The predicted molar refractivity (Wildman–Crippen MR) is 122 cm³/mol. The van der Waals surface area contributed by atoms with Crippen LogP contribution in [0.3, 0.4) is 0 Å².